The number of imide groups is 1. The molecule has 4 amide bonds. The first-order chi connectivity index (χ1) is 13.9. The van der Waals surface area contributed by atoms with E-state index in [0.717, 1.165) is 11.1 Å². The Labute approximate surface area is 174 Å². The van der Waals surface area contributed by atoms with Crippen LogP contribution >= 0.6 is 11.6 Å². The van der Waals surface area contributed by atoms with Crippen LogP contribution < -0.4 is 5.32 Å². The number of carbonyl (C=O) groups excluding carboxylic acids is 3. The summed E-state index contributed by atoms with van der Waals surface area (Å²) in [6.45, 7) is 2.86. The van der Waals surface area contributed by atoms with Gasteiger partial charge in [0.05, 0.1) is 23.7 Å². The maximum atomic E-state index is 13.2. The number of likely N-dealkylation sites (tertiary alicyclic amines) is 1. The van der Waals surface area contributed by atoms with E-state index in [1.165, 1.54) is 4.90 Å². The average Bonchev–Trinajstić information content (AvgIpc) is 2.93. The van der Waals surface area contributed by atoms with Gasteiger partial charge in [-0.3, -0.25) is 14.5 Å². The highest BCUT2D eigenvalue weighted by molar-refractivity contribution is 6.33. The lowest BCUT2D eigenvalue weighted by molar-refractivity contribution is -0.133. The first-order valence-corrected chi connectivity index (χ1v) is 10.0. The number of aryl methyl sites for hydroxylation is 1. The van der Waals surface area contributed by atoms with E-state index < -0.39 is 11.6 Å². The van der Waals surface area contributed by atoms with E-state index in [0.29, 0.717) is 30.0 Å². The molecule has 0 bridgehead atoms. The minimum absolute atomic E-state index is 0.145. The van der Waals surface area contributed by atoms with Crippen LogP contribution in [0.4, 0.5) is 4.79 Å². The Morgan fingerprint density at radius 2 is 1.86 bits per heavy atom. The fourth-order valence-corrected chi connectivity index (χ4v) is 4.22. The van der Waals surface area contributed by atoms with Crippen LogP contribution in [0.5, 0.6) is 0 Å². The van der Waals surface area contributed by atoms with Crippen LogP contribution in [0.2, 0.25) is 5.02 Å². The van der Waals surface area contributed by atoms with Crippen LogP contribution in [0.1, 0.15) is 34.3 Å². The summed E-state index contributed by atoms with van der Waals surface area (Å²) in [4.78, 5) is 41.6. The topological polar surface area (TPSA) is 69.7 Å². The van der Waals surface area contributed by atoms with Crippen molar-refractivity contribution in [3.05, 3.63) is 70.2 Å². The van der Waals surface area contributed by atoms with Crippen LogP contribution in [0.15, 0.2) is 48.5 Å². The summed E-state index contributed by atoms with van der Waals surface area (Å²) in [5.74, 6) is -0.506. The van der Waals surface area contributed by atoms with E-state index in [2.05, 4.69) is 5.32 Å². The predicted octanol–water partition coefficient (Wildman–Crippen LogP) is 3.38. The molecule has 0 aliphatic carbocycles. The molecule has 2 aliphatic rings. The summed E-state index contributed by atoms with van der Waals surface area (Å²) in [5.41, 5.74) is 1.33. The molecule has 2 aliphatic heterocycles. The van der Waals surface area contributed by atoms with Crippen molar-refractivity contribution in [1.82, 2.24) is 15.1 Å². The largest absolute Gasteiger partial charge is 0.336 e. The van der Waals surface area contributed by atoms with Gasteiger partial charge in [0.15, 0.2) is 0 Å². The Morgan fingerprint density at radius 1 is 1.14 bits per heavy atom. The van der Waals surface area contributed by atoms with Crippen LogP contribution in [-0.2, 0) is 11.3 Å². The molecule has 4 rings (SSSR count). The van der Waals surface area contributed by atoms with Gasteiger partial charge in [0.1, 0.15) is 5.54 Å². The highest BCUT2D eigenvalue weighted by Crippen LogP contribution is 2.31. The number of amides is 4. The van der Waals surface area contributed by atoms with E-state index >= 15 is 0 Å². The van der Waals surface area contributed by atoms with Crippen LogP contribution in [0, 0.1) is 6.92 Å². The van der Waals surface area contributed by atoms with Gasteiger partial charge in [-0.15, -0.1) is 0 Å². The van der Waals surface area contributed by atoms with Crippen LogP contribution in [0.25, 0.3) is 0 Å². The SMILES string of the molecule is Cc1ccc(CN2C(=O)NC3(CCCN(C(=O)c4ccccc4Cl)C3)C2=O)cc1. The molecule has 2 heterocycles. The fourth-order valence-electron chi connectivity index (χ4n) is 4.01. The van der Waals surface area contributed by atoms with Crippen LogP contribution in [-0.4, -0.2) is 46.3 Å². The van der Waals surface area contributed by atoms with Crippen molar-refractivity contribution in [2.75, 3.05) is 13.1 Å². The molecule has 29 heavy (non-hydrogen) atoms. The third-order valence-electron chi connectivity index (χ3n) is 5.59. The van der Waals surface area contributed by atoms with Crippen molar-refractivity contribution < 1.29 is 14.4 Å². The maximum absolute atomic E-state index is 13.2. The zero-order chi connectivity index (χ0) is 20.6. The van der Waals surface area contributed by atoms with Gasteiger partial charge in [-0.1, -0.05) is 53.6 Å². The number of hydrogen-bond acceptors (Lipinski definition) is 3. The molecule has 0 aromatic heterocycles. The second-order valence-corrected chi connectivity index (χ2v) is 8.11. The van der Waals surface area contributed by atoms with Crippen molar-refractivity contribution in [3.8, 4) is 0 Å². The van der Waals surface area contributed by atoms with E-state index in [-0.39, 0.29) is 24.9 Å². The molecule has 2 aromatic rings. The minimum atomic E-state index is -1.07. The van der Waals surface area contributed by atoms with Gasteiger partial charge in [-0.05, 0) is 37.5 Å². The molecular formula is C22H22ClN3O3. The van der Waals surface area contributed by atoms with E-state index in [4.69, 9.17) is 11.6 Å². The first kappa shape index (κ1) is 19.5. The van der Waals surface area contributed by atoms with Gasteiger partial charge in [-0.25, -0.2) is 4.79 Å². The quantitative estimate of drug-likeness (QED) is 0.787. The number of benzene rings is 2. The summed E-state index contributed by atoms with van der Waals surface area (Å²) >= 11 is 6.17. The molecule has 1 atom stereocenters. The molecule has 2 fully saturated rings. The van der Waals surface area contributed by atoms with Crippen molar-refractivity contribution in [3.63, 3.8) is 0 Å². The number of urea groups is 1. The number of rotatable bonds is 3. The van der Waals surface area contributed by atoms with Gasteiger partial charge in [-0.2, -0.15) is 0 Å². The Hall–Kier alpha value is -2.86. The van der Waals surface area contributed by atoms with Gasteiger partial charge in [0.25, 0.3) is 11.8 Å². The third kappa shape index (κ3) is 3.60. The molecule has 1 N–H and O–H groups in total. The van der Waals surface area contributed by atoms with Gasteiger partial charge >= 0.3 is 6.03 Å². The van der Waals surface area contributed by atoms with Gasteiger partial charge in [0, 0.05) is 6.54 Å². The highest BCUT2D eigenvalue weighted by atomic mass is 35.5. The number of halogens is 1. The summed E-state index contributed by atoms with van der Waals surface area (Å²) in [5, 5.41) is 3.24. The second-order valence-electron chi connectivity index (χ2n) is 7.70. The molecule has 150 valence electrons. The minimum Gasteiger partial charge on any atom is -0.336 e. The molecule has 7 heteroatoms. The Balaban J connectivity index is 1.54. The second kappa shape index (κ2) is 7.52. The Bertz CT molecular complexity index is 976. The number of hydrogen-bond donors (Lipinski definition) is 1. The third-order valence-corrected chi connectivity index (χ3v) is 5.92. The monoisotopic (exact) mass is 411 g/mol. The zero-order valence-electron chi connectivity index (χ0n) is 16.2. The fraction of sp³-hybridized carbons (Fsp3) is 0.318. The van der Waals surface area contributed by atoms with E-state index in [1.54, 1.807) is 29.2 Å². The number of piperidine rings is 1. The lowest BCUT2D eigenvalue weighted by Crippen LogP contribution is -2.59. The predicted molar refractivity (Wildman–Crippen MR) is 110 cm³/mol. The first-order valence-electron chi connectivity index (χ1n) is 9.63. The summed E-state index contributed by atoms with van der Waals surface area (Å²) < 4.78 is 0. The average molecular weight is 412 g/mol. The van der Waals surface area contributed by atoms with Crippen LogP contribution in [0.3, 0.4) is 0 Å². The lowest BCUT2D eigenvalue weighted by Gasteiger charge is -2.38. The number of carbonyl (C=O) groups is 3. The number of nitrogens with zero attached hydrogens (tertiary/aromatic N) is 2. The molecule has 6 nitrogen and oxygen atoms in total. The summed E-state index contributed by atoms with van der Waals surface area (Å²) in [6, 6.07) is 14.2. The van der Waals surface area contributed by atoms with Gasteiger partial charge in [0.2, 0.25) is 0 Å². The zero-order valence-corrected chi connectivity index (χ0v) is 16.9. The van der Waals surface area contributed by atoms with Gasteiger partial charge < -0.3 is 10.2 Å². The van der Waals surface area contributed by atoms with Crippen molar-refractivity contribution in [2.24, 2.45) is 0 Å². The molecule has 0 radical (unpaired) electrons. The molecule has 0 saturated carbocycles. The van der Waals surface area contributed by atoms with Crippen molar-refractivity contribution in [1.29, 1.82) is 0 Å². The van der Waals surface area contributed by atoms with E-state index in [1.807, 2.05) is 31.2 Å². The van der Waals surface area contributed by atoms with Crippen molar-refractivity contribution in [2.45, 2.75) is 31.8 Å². The van der Waals surface area contributed by atoms with E-state index in [9.17, 15) is 14.4 Å². The molecule has 1 spiro atoms. The molecule has 1 unspecified atom stereocenters. The lowest BCUT2D eigenvalue weighted by atomic mass is 9.88. The standard InChI is InChI=1S/C22H22ClN3O3/c1-15-7-9-16(10-8-15)13-26-20(28)22(24-21(26)29)11-4-12-25(14-22)19(27)17-5-2-3-6-18(17)23/h2-3,5-10H,4,11-14H2,1H3,(H,24,29). The molecule has 2 aromatic carbocycles. The smallest absolute Gasteiger partial charge is 0.325 e. The normalized spacial score (nSPS) is 21.6. The molecule has 2 saturated heterocycles. The summed E-state index contributed by atoms with van der Waals surface area (Å²) in [7, 11) is 0. The highest BCUT2D eigenvalue weighted by Gasteiger charge is 2.53. The number of nitrogens with one attached hydrogen (secondary N) is 1. The van der Waals surface area contributed by atoms with Crippen molar-refractivity contribution >= 4 is 29.4 Å². The maximum Gasteiger partial charge on any atom is 0.325 e. The Morgan fingerprint density at radius 3 is 2.59 bits per heavy atom. The Kier molecular flexibility index (Phi) is 5.04. The molecular weight excluding hydrogens is 390 g/mol. The summed E-state index contributed by atoms with van der Waals surface area (Å²) in [6.07, 6.45) is 1.13.